The summed E-state index contributed by atoms with van der Waals surface area (Å²) in [5.41, 5.74) is 8.31. The van der Waals surface area contributed by atoms with Crippen LogP contribution in [0.25, 0.3) is 0 Å². The molecule has 70 valence electrons. The number of benzene rings is 1. The van der Waals surface area contributed by atoms with Crippen LogP contribution < -0.4 is 5.73 Å². The highest BCUT2D eigenvalue weighted by atomic mass is 35.5. The van der Waals surface area contributed by atoms with Crippen LogP contribution in [0, 0.1) is 0 Å². The molecule has 1 aromatic rings. The highest BCUT2D eigenvalue weighted by Crippen LogP contribution is 2.30. The molecule has 0 aromatic heterocycles. The maximum Gasteiger partial charge on any atom is 0.0455 e. The number of hydrogen-bond acceptors (Lipinski definition) is 1. The number of fused-ring (bicyclic) bond motifs is 1. The van der Waals surface area contributed by atoms with Gasteiger partial charge in [-0.2, -0.15) is 0 Å². The molecule has 0 spiro atoms. The van der Waals surface area contributed by atoms with E-state index in [0.29, 0.717) is 5.02 Å². The van der Waals surface area contributed by atoms with Gasteiger partial charge < -0.3 is 5.73 Å². The van der Waals surface area contributed by atoms with E-state index < -0.39 is 0 Å². The first-order valence-corrected chi connectivity index (χ1v) is 5.15. The fraction of sp³-hybridized carbons (Fsp3) is 0.400. The van der Waals surface area contributed by atoms with Crippen molar-refractivity contribution in [3.63, 3.8) is 0 Å². The Morgan fingerprint density at radius 1 is 1.31 bits per heavy atom. The predicted octanol–water partition coefficient (Wildman–Crippen LogP) is 2.81. The number of halogens is 2. The first kappa shape index (κ1) is 9.32. The van der Waals surface area contributed by atoms with E-state index in [-0.39, 0.29) is 6.04 Å². The van der Waals surface area contributed by atoms with Gasteiger partial charge in [-0.3, -0.25) is 0 Å². The largest absolute Gasteiger partial charge is 0.327 e. The topological polar surface area (TPSA) is 26.0 Å². The first-order valence-electron chi connectivity index (χ1n) is 4.39. The van der Waals surface area contributed by atoms with E-state index in [9.17, 15) is 0 Å². The van der Waals surface area contributed by atoms with E-state index in [0.717, 1.165) is 24.3 Å². The normalized spacial score (nSPS) is 21.3. The minimum Gasteiger partial charge on any atom is -0.327 e. The Kier molecular flexibility index (Phi) is 2.50. The monoisotopic (exact) mass is 215 g/mol. The standard InChI is InChI=1S/C10H11Cl2N/c11-7-3-6-4-8(13)1-2-9(6)10(12)5-7/h3,5,8H,1-2,4,13H2. The van der Waals surface area contributed by atoms with Crippen molar-refractivity contribution in [1.29, 1.82) is 0 Å². The molecule has 0 saturated heterocycles. The molecule has 2 N–H and O–H groups in total. The maximum absolute atomic E-state index is 6.07. The fourth-order valence-corrected chi connectivity index (χ4v) is 2.46. The molecule has 0 aliphatic heterocycles. The van der Waals surface area contributed by atoms with Gasteiger partial charge in [0.05, 0.1) is 0 Å². The van der Waals surface area contributed by atoms with Crippen LogP contribution in [-0.2, 0) is 12.8 Å². The van der Waals surface area contributed by atoms with Gasteiger partial charge in [-0.1, -0.05) is 23.2 Å². The van der Waals surface area contributed by atoms with E-state index >= 15 is 0 Å². The van der Waals surface area contributed by atoms with Gasteiger partial charge in [0, 0.05) is 16.1 Å². The maximum atomic E-state index is 6.07. The molecule has 0 bridgehead atoms. The van der Waals surface area contributed by atoms with Gasteiger partial charge in [0.1, 0.15) is 0 Å². The molecule has 3 heteroatoms. The van der Waals surface area contributed by atoms with Crippen molar-refractivity contribution in [2.24, 2.45) is 5.73 Å². The Balaban J connectivity index is 2.47. The van der Waals surface area contributed by atoms with Gasteiger partial charge in [0.25, 0.3) is 0 Å². The van der Waals surface area contributed by atoms with E-state index in [1.54, 1.807) is 6.07 Å². The highest BCUT2D eigenvalue weighted by molar-refractivity contribution is 6.35. The van der Waals surface area contributed by atoms with Crippen LogP contribution in [0.1, 0.15) is 17.5 Å². The third kappa shape index (κ3) is 1.83. The molecule has 2 rings (SSSR count). The summed E-state index contributed by atoms with van der Waals surface area (Å²) in [6.07, 6.45) is 2.90. The van der Waals surface area contributed by atoms with Crippen LogP contribution in [0.15, 0.2) is 12.1 Å². The smallest absolute Gasteiger partial charge is 0.0455 e. The molecule has 0 saturated carbocycles. The molecule has 1 aliphatic carbocycles. The van der Waals surface area contributed by atoms with Crippen molar-refractivity contribution in [3.8, 4) is 0 Å². The lowest BCUT2D eigenvalue weighted by atomic mass is 9.89. The van der Waals surface area contributed by atoms with Crippen LogP contribution in [0.4, 0.5) is 0 Å². The van der Waals surface area contributed by atoms with Crippen LogP contribution in [-0.4, -0.2) is 6.04 Å². The Bertz CT molecular complexity index is 336. The lowest BCUT2D eigenvalue weighted by Crippen LogP contribution is -2.27. The summed E-state index contributed by atoms with van der Waals surface area (Å²) >= 11 is 12.0. The molecular formula is C10H11Cl2N. The molecule has 1 unspecified atom stereocenters. The quantitative estimate of drug-likeness (QED) is 0.708. The predicted molar refractivity (Wildman–Crippen MR) is 56.5 cm³/mol. The Morgan fingerprint density at radius 2 is 2.08 bits per heavy atom. The van der Waals surface area contributed by atoms with Gasteiger partial charge in [-0.15, -0.1) is 0 Å². The number of nitrogens with two attached hydrogens (primary N) is 1. The lowest BCUT2D eigenvalue weighted by molar-refractivity contribution is 0.577. The van der Waals surface area contributed by atoms with Gasteiger partial charge in [-0.05, 0) is 42.5 Å². The average molecular weight is 216 g/mol. The average Bonchev–Trinajstić information content (AvgIpc) is 2.02. The van der Waals surface area contributed by atoms with Gasteiger partial charge in [-0.25, -0.2) is 0 Å². The molecule has 0 fully saturated rings. The number of rotatable bonds is 0. The third-order valence-corrected chi connectivity index (χ3v) is 3.06. The molecular weight excluding hydrogens is 205 g/mol. The molecule has 1 aromatic carbocycles. The molecule has 1 atom stereocenters. The second kappa shape index (κ2) is 3.49. The SMILES string of the molecule is NC1CCc2c(Cl)cc(Cl)cc2C1. The van der Waals surface area contributed by atoms with Gasteiger partial charge in [0.2, 0.25) is 0 Å². The molecule has 1 aliphatic rings. The second-order valence-corrected chi connectivity index (χ2v) is 4.37. The van der Waals surface area contributed by atoms with E-state index in [1.165, 1.54) is 11.1 Å². The zero-order valence-corrected chi connectivity index (χ0v) is 8.70. The zero-order chi connectivity index (χ0) is 9.42. The molecule has 0 heterocycles. The van der Waals surface area contributed by atoms with Crippen molar-refractivity contribution in [1.82, 2.24) is 0 Å². The summed E-state index contributed by atoms with van der Waals surface area (Å²) in [7, 11) is 0. The minimum atomic E-state index is 0.266. The van der Waals surface area contributed by atoms with Crippen molar-refractivity contribution in [2.75, 3.05) is 0 Å². The molecule has 13 heavy (non-hydrogen) atoms. The third-order valence-electron chi connectivity index (χ3n) is 2.50. The van der Waals surface area contributed by atoms with E-state index in [1.807, 2.05) is 6.07 Å². The zero-order valence-electron chi connectivity index (χ0n) is 7.19. The summed E-state index contributed by atoms with van der Waals surface area (Å²) < 4.78 is 0. The summed E-state index contributed by atoms with van der Waals surface area (Å²) in [6, 6.07) is 4.04. The van der Waals surface area contributed by atoms with Gasteiger partial charge in [0.15, 0.2) is 0 Å². The lowest BCUT2D eigenvalue weighted by Gasteiger charge is -2.22. The van der Waals surface area contributed by atoms with Crippen molar-refractivity contribution in [3.05, 3.63) is 33.3 Å². The highest BCUT2D eigenvalue weighted by Gasteiger charge is 2.18. The Labute approximate surface area is 87.8 Å². The van der Waals surface area contributed by atoms with Crippen LogP contribution >= 0.6 is 23.2 Å². The summed E-state index contributed by atoms with van der Waals surface area (Å²) in [4.78, 5) is 0. The summed E-state index contributed by atoms with van der Waals surface area (Å²) in [5.74, 6) is 0. The van der Waals surface area contributed by atoms with E-state index in [4.69, 9.17) is 28.9 Å². The van der Waals surface area contributed by atoms with E-state index in [2.05, 4.69) is 0 Å². The van der Waals surface area contributed by atoms with Crippen LogP contribution in [0.5, 0.6) is 0 Å². The van der Waals surface area contributed by atoms with Crippen LogP contribution in [0.2, 0.25) is 10.0 Å². The summed E-state index contributed by atoms with van der Waals surface area (Å²) in [5, 5.41) is 1.49. The van der Waals surface area contributed by atoms with Gasteiger partial charge >= 0.3 is 0 Å². The summed E-state index contributed by atoms with van der Waals surface area (Å²) in [6.45, 7) is 0. The molecule has 0 amide bonds. The molecule has 1 nitrogen and oxygen atoms in total. The van der Waals surface area contributed by atoms with Crippen molar-refractivity contribution < 1.29 is 0 Å². The molecule has 0 radical (unpaired) electrons. The van der Waals surface area contributed by atoms with Crippen molar-refractivity contribution in [2.45, 2.75) is 25.3 Å². The van der Waals surface area contributed by atoms with Crippen molar-refractivity contribution >= 4 is 23.2 Å². The minimum absolute atomic E-state index is 0.266. The number of hydrogen-bond donors (Lipinski definition) is 1. The van der Waals surface area contributed by atoms with Crippen LogP contribution in [0.3, 0.4) is 0 Å². The first-order chi connectivity index (χ1) is 6.16. The Hall–Kier alpha value is -0.240. The fourth-order valence-electron chi connectivity index (χ4n) is 1.83. The second-order valence-electron chi connectivity index (χ2n) is 3.53. The Morgan fingerprint density at radius 3 is 2.85 bits per heavy atom.